The second-order valence-corrected chi connectivity index (χ2v) is 3.24. The minimum absolute atomic E-state index is 0.198. The number of piperidine rings is 1. The molecule has 70 valence electrons. The summed E-state index contributed by atoms with van der Waals surface area (Å²) in [6.45, 7) is 6.56. The molecule has 2 atom stereocenters. The Balaban J connectivity index is 2.09. The van der Waals surface area contributed by atoms with Gasteiger partial charge in [-0.3, -0.25) is 0 Å². The van der Waals surface area contributed by atoms with E-state index < -0.39 is 0 Å². The molecule has 0 unspecified atom stereocenters. The Hall–Kier alpha value is -0.380. The lowest BCUT2D eigenvalue weighted by atomic mass is 9.99. The Labute approximate surface area is 73.4 Å². The van der Waals surface area contributed by atoms with Crippen molar-refractivity contribution in [3.8, 4) is 0 Å². The molecule has 0 saturated carbocycles. The number of aliphatic hydroxyl groups excluding tert-OH is 1. The lowest BCUT2D eigenvalue weighted by Gasteiger charge is -2.26. The van der Waals surface area contributed by atoms with Crippen molar-refractivity contribution in [3.05, 3.63) is 12.7 Å². The second-order valence-electron chi connectivity index (χ2n) is 3.24. The van der Waals surface area contributed by atoms with Crippen molar-refractivity contribution >= 4 is 0 Å². The van der Waals surface area contributed by atoms with Gasteiger partial charge in [-0.15, -0.1) is 6.58 Å². The molecule has 0 bridgehead atoms. The molecule has 1 fully saturated rings. The van der Waals surface area contributed by atoms with Crippen LogP contribution in [0.15, 0.2) is 12.7 Å². The van der Waals surface area contributed by atoms with Gasteiger partial charge in [0.15, 0.2) is 0 Å². The summed E-state index contributed by atoms with van der Waals surface area (Å²) in [5, 5.41) is 12.5. The molecule has 2 N–H and O–H groups in total. The zero-order chi connectivity index (χ0) is 8.81. The van der Waals surface area contributed by atoms with Crippen molar-refractivity contribution in [2.75, 3.05) is 26.3 Å². The van der Waals surface area contributed by atoms with Crippen LogP contribution in [0.1, 0.15) is 6.42 Å². The van der Waals surface area contributed by atoms with Crippen LogP contribution < -0.4 is 5.32 Å². The first-order valence-corrected chi connectivity index (χ1v) is 4.40. The van der Waals surface area contributed by atoms with E-state index in [-0.39, 0.29) is 6.10 Å². The Kier molecular flexibility index (Phi) is 4.29. The summed E-state index contributed by atoms with van der Waals surface area (Å²) in [7, 11) is 0. The summed E-state index contributed by atoms with van der Waals surface area (Å²) in [5.74, 6) is 0.452. The zero-order valence-corrected chi connectivity index (χ0v) is 7.33. The summed E-state index contributed by atoms with van der Waals surface area (Å²) in [4.78, 5) is 0. The number of rotatable bonds is 4. The van der Waals surface area contributed by atoms with Crippen LogP contribution in [-0.4, -0.2) is 37.5 Å². The van der Waals surface area contributed by atoms with Gasteiger partial charge in [-0.25, -0.2) is 0 Å². The van der Waals surface area contributed by atoms with Gasteiger partial charge >= 0.3 is 0 Å². The maximum atomic E-state index is 9.30. The van der Waals surface area contributed by atoms with Gasteiger partial charge < -0.3 is 15.2 Å². The molecule has 3 nitrogen and oxygen atoms in total. The van der Waals surface area contributed by atoms with E-state index in [0.29, 0.717) is 12.5 Å². The van der Waals surface area contributed by atoms with Crippen LogP contribution in [0.3, 0.4) is 0 Å². The number of aliphatic hydroxyl groups is 1. The van der Waals surface area contributed by atoms with Gasteiger partial charge in [0.1, 0.15) is 0 Å². The normalized spacial score (nSPS) is 30.1. The minimum Gasteiger partial charge on any atom is -0.392 e. The molecule has 0 amide bonds. The number of hydrogen-bond donors (Lipinski definition) is 2. The molecule has 1 aliphatic rings. The van der Waals surface area contributed by atoms with Gasteiger partial charge in [-0.05, 0) is 12.3 Å². The molecule has 1 heterocycles. The average Bonchev–Trinajstić information content (AvgIpc) is 2.05. The van der Waals surface area contributed by atoms with Crippen molar-refractivity contribution < 1.29 is 9.84 Å². The molecule has 0 radical (unpaired) electrons. The van der Waals surface area contributed by atoms with Crippen LogP contribution in [0.5, 0.6) is 0 Å². The van der Waals surface area contributed by atoms with Gasteiger partial charge in [0, 0.05) is 13.1 Å². The number of β-amino-alcohol motifs (C(OH)–C–C–N with tert-alkyl or cyclic N) is 1. The van der Waals surface area contributed by atoms with E-state index in [2.05, 4.69) is 11.9 Å². The van der Waals surface area contributed by atoms with Gasteiger partial charge in [0.25, 0.3) is 0 Å². The summed E-state index contributed by atoms with van der Waals surface area (Å²) in [5.41, 5.74) is 0. The molecule has 0 aromatic carbocycles. The third kappa shape index (κ3) is 3.34. The lowest BCUT2D eigenvalue weighted by Crippen LogP contribution is -2.40. The molecule has 12 heavy (non-hydrogen) atoms. The van der Waals surface area contributed by atoms with Gasteiger partial charge in [-0.2, -0.15) is 0 Å². The molecule has 1 aliphatic heterocycles. The highest BCUT2D eigenvalue weighted by molar-refractivity contribution is 4.75. The van der Waals surface area contributed by atoms with Gasteiger partial charge in [-0.1, -0.05) is 6.08 Å². The third-order valence-electron chi connectivity index (χ3n) is 2.01. The summed E-state index contributed by atoms with van der Waals surface area (Å²) >= 11 is 0. The molecule has 3 heteroatoms. The van der Waals surface area contributed by atoms with Crippen LogP contribution in [0.2, 0.25) is 0 Å². The third-order valence-corrected chi connectivity index (χ3v) is 2.01. The fraction of sp³-hybridized carbons (Fsp3) is 0.778. The second kappa shape index (κ2) is 5.30. The summed E-state index contributed by atoms with van der Waals surface area (Å²) in [6.07, 6.45) is 2.40. The van der Waals surface area contributed by atoms with E-state index in [4.69, 9.17) is 4.74 Å². The molecule has 0 aliphatic carbocycles. The van der Waals surface area contributed by atoms with E-state index in [1.807, 2.05) is 0 Å². The first kappa shape index (κ1) is 9.71. The molecule has 1 saturated heterocycles. The molecule has 0 aromatic rings. The predicted octanol–water partition coefficient (Wildman–Crippen LogP) is 0.159. The van der Waals surface area contributed by atoms with Crippen LogP contribution in [0.25, 0.3) is 0 Å². The number of hydrogen-bond acceptors (Lipinski definition) is 3. The van der Waals surface area contributed by atoms with Crippen molar-refractivity contribution in [1.29, 1.82) is 0 Å². The molecular weight excluding hydrogens is 154 g/mol. The van der Waals surface area contributed by atoms with Gasteiger partial charge in [0.05, 0.1) is 19.3 Å². The smallest absolute Gasteiger partial charge is 0.0668 e. The van der Waals surface area contributed by atoms with Crippen LogP contribution in [0, 0.1) is 5.92 Å². The Morgan fingerprint density at radius 3 is 3.08 bits per heavy atom. The Morgan fingerprint density at radius 2 is 2.42 bits per heavy atom. The highest BCUT2D eigenvalue weighted by Crippen LogP contribution is 2.10. The van der Waals surface area contributed by atoms with Crippen LogP contribution >= 0.6 is 0 Å². The number of ether oxygens (including phenoxy) is 1. The maximum Gasteiger partial charge on any atom is 0.0668 e. The SMILES string of the molecule is C=CCOC[C@H]1CNC[C@H](O)C1. The predicted molar refractivity (Wildman–Crippen MR) is 48.0 cm³/mol. The van der Waals surface area contributed by atoms with Crippen LogP contribution in [0.4, 0.5) is 0 Å². The van der Waals surface area contributed by atoms with E-state index in [9.17, 15) is 5.11 Å². The monoisotopic (exact) mass is 171 g/mol. The molecule has 1 rings (SSSR count). The maximum absolute atomic E-state index is 9.30. The molecular formula is C9H17NO2. The fourth-order valence-electron chi connectivity index (χ4n) is 1.45. The van der Waals surface area contributed by atoms with E-state index in [0.717, 1.165) is 26.1 Å². The fourth-order valence-corrected chi connectivity index (χ4v) is 1.45. The van der Waals surface area contributed by atoms with Crippen LogP contribution in [-0.2, 0) is 4.74 Å². The first-order valence-electron chi connectivity index (χ1n) is 4.40. The highest BCUT2D eigenvalue weighted by atomic mass is 16.5. The number of nitrogens with one attached hydrogen (secondary N) is 1. The summed E-state index contributed by atoms with van der Waals surface area (Å²) < 4.78 is 5.30. The topological polar surface area (TPSA) is 41.5 Å². The first-order chi connectivity index (χ1) is 5.83. The van der Waals surface area contributed by atoms with Crippen molar-refractivity contribution in [1.82, 2.24) is 5.32 Å². The van der Waals surface area contributed by atoms with Gasteiger partial charge in [0.2, 0.25) is 0 Å². The van der Waals surface area contributed by atoms with Crippen molar-refractivity contribution in [2.45, 2.75) is 12.5 Å². The van der Waals surface area contributed by atoms with E-state index >= 15 is 0 Å². The highest BCUT2D eigenvalue weighted by Gasteiger charge is 2.19. The van der Waals surface area contributed by atoms with E-state index in [1.54, 1.807) is 6.08 Å². The van der Waals surface area contributed by atoms with E-state index in [1.165, 1.54) is 0 Å². The Bertz CT molecular complexity index is 138. The minimum atomic E-state index is -0.198. The lowest BCUT2D eigenvalue weighted by molar-refractivity contribution is 0.0602. The standard InChI is InChI=1S/C9H17NO2/c1-2-3-12-7-8-4-9(11)6-10-5-8/h2,8-11H,1,3-7H2/t8-,9-/m1/s1. The summed E-state index contributed by atoms with van der Waals surface area (Å²) in [6, 6.07) is 0. The van der Waals surface area contributed by atoms with Crippen molar-refractivity contribution in [3.63, 3.8) is 0 Å². The zero-order valence-electron chi connectivity index (χ0n) is 7.33. The largest absolute Gasteiger partial charge is 0.392 e. The Morgan fingerprint density at radius 1 is 1.58 bits per heavy atom. The quantitative estimate of drug-likeness (QED) is 0.467. The van der Waals surface area contributed by atoms with Crippen molar-refractivity contribution in [2.24, 2.45) is 5.92 Å². The molecule has 0 spiro atoms. The average molecular weight is 171 g/mol. The molecule has 0 aromatic heterocycles.